The van der Waals surface area contributed by atoms with E-state index in [4.69, 9.17) is 4.74 Å². The highest BCUT2D eigenvalue weighted by atomic mass is 16.5. The fourth-order valence-corrected chi connectivity index (χ4v) is 1.50. The maximum absolute atomic E-state index is 4.90. The predicted octanol–water partition coefficient (Wildman–Crippen LogP) is 4.89. The van der Waals surface area contributed by atoms with E-state index in [1.807, 2.05) is 12.1 Å². The first-order valence-electron chi connectivity index (χ1n) is 6.28. The summed E-state index contributed by atoms with van der Waals surface area (Å²) < 4.78 is 4.90. The predicted molar refractivity (Wildman–Crippen MR) is 88.1 cm³/mol. The minimum Gasteiger partial charge on any atom is -0.373 e. The molecule has 0 aromatic heterocycles. The Morgan fingerprint density at radius 2 is 1.05 bits per heavy atom. The second-order valence-electron chi connectivity index (χ2n) is 3.85. The molecule has 0 unspecified atom stereocenters. The first kappa shape index (κ1) is 17.8. The van der Waals surface area contributed by atoms with Crippen LogP contribution in [0.1, 0.15) is 0 Å². The second-order valence-corrected chi connectivity index (χ2v) is 3.85. The number of benzene rings is 2. The third-order valence-corrected chi connectivity index (χ3v) is 2.35. The quantitative estimate of drug-likeness (QED) is 0.620. The van der Waals surface area contributed by atoms with Gasteiger partial charge in [-0.1, -0.05) is 72.8 Å². The largest absolute Gasteiger partial charge is 0.373 e. The van der Waals surface area contributed by atoms with Crippen LogP contribution < -0.4 is 6.15 Å². The van der Waals surface area contributed by atoms with Gasteiger partial charge in [-0.25, -0.2) is 0 Å². The Hall–Kier alpha value is -2.16. The summed E-state index contributed by atoms with van der Waals surface area (Å²) in [5.41, 5.74) is 2.55. The molecule has 0 amide bonds. The van der Waals surface area contributed by atoms with Gasteiger partial charge < -0.3 is 10.9 Å². The average Bonchev–Trinajstić information content (AvgIpc) is 2.50. The SMILES string of the molecule is C=CCOCC=C.N.c1ccc(-c2ccccc2)cc1. The molecule has 0 spiro atoms. The highest BCUT2D eigenvalue weighted by Crippen LogP contribution is 2.17. The molecular weight excluding hydrogens is 246 g/mol. The summed E-state index contributed by atoms with van der Waals surface area (Å²) in [4.78, 5) is 0. The van der Waals surface area contributed by atoms with Gasteiger partial charge in [0.05, 0.1) is 13.2 Å². The fraction of sp³-hybridized carbons (Fsp3) is 0.111. The highest BCUT2D eigenvalue weighted by Gasteiger charge is 1.91. The lowest BCUT2D eigenvalue weighted by Crippen LogP contribution is -1.87. The molecule has 0 aliphatic heterocycles. The molecule has 20 heavy (non-hydrogen) atoms. The average molecular weight is 269 g/mol. The second kappa shape index (κ2) is 11.9. The molecule has 2 nitrogen and oxygen atoms in total. The van der Waals surface area contributed by atoms with Crippen LogP contribution in [0.4, 0.5) is 0 Å². The third kappa shape index (κ3) is 7.31. The van der Waals surface area contributed by atoms with Crippen LogP contribution in [0.3, 0.4) is 0 Å². The Kier molecular flexibility index (Phi) is 10.6. The lowest BCUT2D eigenvalue weighted by atomic mass is 10.1. The van der Waals surface area contributed by atoms with Crippen LogP contribution in [0.15, 0.2) is 86.0 Å². The molecule has 2 aromatic carbocycles. The third-order valence-electron chi connectivity index (χ3n) is 2.35. The van der Waals surface area contributed by atoms with Gasteiger partial charge in [-0.05, 0) is 11.1 Å². The number of hydrogen-bond acceptors (Lipinski definition) is 2. The van der Waals surface area contributed by atoms with Crippen molar-refractivity contribution in [1.29, 1.82) is 0 Å². The van der Waals surface area contributed by atoms with Gasteiger partial charge in [-0.15, -0.1) is 13.2 Å². The Balaban J connectivity index is 0.000000396. The van der Waals surface area contributed by atoms with E-state index in [1.165, 1.54) is 11.1 Å². The minimum absolute atomic E-state index is 0. The molecular formula is C18H23NO. The fourth-order valence-electron chi connectivity index (χ4n) is 1.50. The van der Waals surface area contributed by atoms with Gasteiger partial charge in [0.2, 0.25) is 0 Å². The number of rotatable bonds is 5. The monoisotopic (exact) mass is 269 g/mol. The number of hydrogen-bond donors (Lipinski definition) is 1. The Bertz CT molecular complexity index is 420. The van der Waals surface area contributed by atoms with Gasteiger partial charge in [0.1, 0.15) is 0 Å². The maximum atomic E-state index is 4.90. The van der Waals surface area contributed by atoms with Crippen molar-refractivity contribution in [3.63, 3.8) is 0 Å². The number of ether oxygens (including phenoxy) is 1. The van der Waals surface area contributed by atoms with E-state index in [0.29, 0.717) is 13.2 Å². The summed E-state index contributed by atoms with van der Waals surface area (Å²) >= 11 is 0. The summed E-state index contributed by atoms with van der Waals surface area (Å²) in [5.74, 6) is 0. The van der Waals surface area contributed by atoms with Gasteiger partial charge >= 0.3 is 0 Å². The van der Waals surface area contributed by atoms with Crippen LogP contribution in [0.5, 0.6) is 0 Å². The normalized spacial score (nSPS) is 8.60. The van der Waals surface area contributed by atoms with E-state index in [0.717, 1.165) is 0 Å². The maximum Gasteiger partial charge on any atom is 0.0649 e. The van der Waals surface area contributed by atoms with Crippen LogP contribution >= 0.6 is 0 Å². The van der Waals surface area contributed by atoms with Gasteiger partial charge in [0, 0.05) is 0 Å². The zero-order chi connectivity index (χ0) is 13.8. The van der Waals surface area contributed by atoms with Crippen molar-refractivity contribution in [1.82, 2.24) is 6.15 Å². The van der Waals surface area contributed by atoms with E-state index >= 15 is 0 Å². The van der Waals surface area contributed by atoms with E-state index < -0.39 is 0 Å². The molecule has 2 rings (SSSR count). The molecule has 0 bridgehead atoms. The smallest absolute Gasteiger partial charge is 0.0649 e. The van der Waals surface area contributed by atoms with Crippen molar-refractivity contribution >= 4 is 0 Å². The molecule has 2 aromatic rings. The molecule has 0 atom stereocenters. The van der Waals surface area contributed by atoms with Crippen LogP contribution in [0.25, 0.3) is 11.1 Å². The van der Waals surface area contributed by atoms with Gasteiger partial charge in [0.25, 0.3) is 0 Å². The molecule has 0 saturated carbocycles. The van der Waals surface area contributed by atoms with Crippen molar-refractivity contribution in [2.24, 2.45) is 0 Å². The zero-order valence-corrected chi connectivity index (χ0v) is 11.9. The zero-order valence-electron chi connectivity index (χ0n) is 11.9. The van der Waals surface area contributed by atoms with Crippen molar-refractivity contribution in [3.8, 4) is 11.1 Å². The van der Waals surface area contributed by atoms with E-state index in [-0.39, 0.29) is 6.15 Å². The summed E-state index contributed by atoms with van der Waals surface area (Å²) in [6.45, 7) is 8.18. The standard InChI is InChI=1S/C12H10.C6H10O.H3N/c1-3-7-11(8-4-1)12-9-5-2-6-10-12;1-3-5-7-6-4-2;/h1-10H;3-4H,1-2,5-6H2;1H3. The molecule has 106 valence electrons. The van der Waals surface area contributed by atoms with Crippen LogP contribution in [0, 0.1) is 0 Å². The minimum atomic E-state index is 0. The summed E-state index contributed by atoms with van der Waals surface area (Å²) in [5, 5.41) is 0. The first-order valence-corrected chi connectivity index (χ1v) is 6.28. The van der Waals surface area contributed by atoms with Gasteiger partial charge in [0.15, 0.2) is 0 Å². The summed E-state index contributed by atoms with van der Waals surface area (Å²) in [6, 6.07) is 20.8. The van der Waals surface area contributed by atoms with Crippen molar-refractivity contribution in [2.75, 3.05) is 13.2 Å². The molecule has 0 aliphatic carbocycles. The summed E-state index contributed by atoms with van der Waals surface area (Å²) in [7, 11) is 0. The lowest BCUT2D eigenvalue weighted by Gasteiger charge is -1.98. The Morgan fingerprint density at radius 3 is 1.35 bits per heavy atom. The van der Waals surface area contributed by atoms with Crippen LogP contribution in [-0.4, -0.2) is 13.2 Å². The highest BCUT2D eigenvalue weighted by molar-refractivity contribution is 5.62. The molecule has 0 fully saturated rings. The van der Waals surface area contributed by atoms with E-state index in [1.54, 1.807) is 12.2 Å². The Labute approximate surface area is 122 Å². The van der Waals surface area contributed by atoms with E-state index in [2.05, 4.69) is 61.7 Å². The molecule has 0 heterocycles. The van der Waals surface area contributed by atoms with Crippen LogP contribution in [-0.2, 0) is 4.74 Å². The molecule has 2 heteroatoms. The molecule has 3 N–H and O–H groups in total. The Morgan fingerprint density at radius 1 is 0.700 bits per heavy atom. The molecule has 0 radical (unpaired) electrons. The first-order chi connectivity index (χ1) is 9.38. The van der Waals surface area contributed by atoms with Crippen molar-refractivity contribution in [3.05, 3.63) is 86.0 Å². The van der Waals surface area contributed by atoms with Crippen molar-refractivity contribution < 1.29 is 4.74 Å². The lowest BCUT2D eigenvalue weighted by molar-refractivity contribution is 0.194. The van der Waals surface area contributed by atoms with Crippen molar-refractivity contribution in [2.45, 2.75) is 0 Å². The van der Waals surface area contributed by atoms with Crippen LogP contribution in [0.2, 0.25) is 0 Å². The molecule has 0 aliphatic rings. The van der Waals surface area contributed by atoms with E-state index in [9.17, 15) is 0 Å². The van der Waals surface area contributed by atoms with Gasteiger partial charge in [-0.2, -0.15) is 0 Å². The summed E-state index contributed by atoms with van der Waals surface area (Å²) in [6.07, 6.45) is 3.42. The van der Waals surface area contributed by atoms with Gasteiger partial charge in [-0.3, -0.25) is 0 Å². The molecule has 0 saturated heterocycles. The topological polar surface area (TPSA) is 44.2 Å².